The normalized spacial score (nSPS) is 20.7. The third kappa shape index (κ3) is 4.34. The summed E-state index contributed by atoms with van der Waals surface area (Å²) in [6.07, 6.45) is 3.13. The number of amides is 1. The summed E-state index contributed by atoms with van der Waals surface area (Å²) in [7, 11) is 0. The molecule has 0 aliphatic carbocycles. The molecular weight excluding hydrogens is 248 g/mol. The monoisotopic (exact) mass is 274 g/mol. The Bertz CT molecular complexity index is 418. The van der Waals surface area contributed by atoms with E-state index in [1.54, 1.807) is 0 Å². The Morgan fingerprint density at radius 1 is 1.40 bits per heavy atom. The zero-order valence-corrected chi connectivity index (χ0v) is 12.6. The molecule has 1 aliphatic rings. The summed E-state index contributed by atoms with van der Waals surface area (Å²) in [4.78, 5) is 14.4. The molecule has 110 valence electrons. The number of benzene rings is 1. The molecule has 0 saturated carbocycles. The number of nitrogens with zero attached hydrogens (tertiary/aromatic N) is 1. The van der Waals surface area contributed by atoms with E-state index >= 15 is 0 Å². The Labute approximate surface area is 122 Å². The molecule has 1 amide bonds. The number of carbonyl (C=O) groups is 1. The summed E-state index contributed by atoms with van der Waals surface area (Å²) in [6.45, 7) is 6.83. The molecule has 0 radical (unpaired) electrons. The molecule has 1 heterocycles. The Balaban J connectivity index is 1.73. The van der Waals surface area contributed by atoms with Crippen LogP contribution in [0.3, 0.4) is 0 Å². The van der Waals surface area contributed by atoms with Crippen molar-refractivity contribution in [2.75, 3.05) is 19.6 Å². The average molecular weight is 274 g/mol. The number of hydrogen-bond donors (Lipinski definition) is 1. The maximum atomic E-state index is 12.4. The van der Waals surface area contributed by atoms with Crippen molar-refractivity contribution in [1.82, 2.24) is 10.2 Å². The molecule has 2 atom stereocenters. The first-order valence-electron chi connectivity index (χ1n) is 7.73. The number of rotatable bonds is 5. The lowest BCUT2D eigenvalue weighted by Gasteiger charge is -2.33. The van der Waals surface area contributed by atoms with Crippen LogP contribution in [-0.2, 0) is 11.2 Å². The van der Waals surface area contributed by atoms with Crippen LogP contribution in [-0.4, -0.2) is 36.5 Å². The second-order valence-corrected chi connectivity index (χ2v) is 5.92. The largest absolute Gasteiger partial charge is 0.340 e. The van der Waals surface area contributed by atoms with Crippen LogP contribution in [0.4, 0.5) is 0 Å². The summed E-state index contributed by atoms with van der Waals surface area (Å²) < 4.78 is 0. The standard InChI is InChI=1S/C17H26N2O/c1-14(7-6-10-16-8-4-3-5-9-16)17(20)19-12-11-18-15(2)13-19/h3-5,8-9,14-15,18H,6-7,10-13H2,1-2H3/t14?,15-/m1/s1. The minimum atomic E-state index is 0.143. The summed E-state index contributed by atoms with van der Waals surface area (Å²) in [5, 5.41) is 3.38. The highest BCUT2D eigenvalue weighted by Gasteiger charge is 2.24. The molecule has 0 bridgehead atoms. The maximum Gasteiger partial charge on any atom is 0.225 e. The van der Waals surface area contributed by atoms with Gasteiger partial charge in [0.1, 0.15) is 0 Å². The van der Waals surface area contributed by atoms with Gasteiger partial charge in [-0.15, -0.1) is 0 Å². The fraction of sp³-hybridized carbons (Fsp3) is 0.588. The number of piperazine rings is 1. The molecule has 3 heteroatoms. The van der Waals surface area contributed by atoms with Crippen molar-refractivity contribution in [2.45, 2.75) is 39.2 Å². The molecule has 0 aromatic heterocycles. The van der Waals surface area contributed by atoms with Crippen LogP contribution >= 0.6 is 0 Å². The van der Waals surface area contributed by atoms with Crippen LogP contribution in [0, 0.1) is 5.92 Å². The lowest BCUT2D eigenvalue weighted by atomic mass is 9.99. The van der Waals surface area contributed by atoms with E-state index in [0.717, 1.165) is 38.9 Å². The molecule has 20 heavy (non-hydrogen) atoms. The summed E-state index contributed by atoms with van der Waals surface area (Å²) >= 11 is 0. The van der Waals surface area contributed by atoms with Crippen LogP contribution in [0.25, 0.3) is 0 Å². The lowest BCUT2D eigenvalue weighted by molar-refractivity contribution is -0.136. The van der Waals surface area contributed by atoms with Gasteiger partial charge in [0.25, 0.3) is 0 Å². The fourth-order valence-corrected chi connectivity index (χ4v) is 2.82. The quantitative estimate of drug-likeness (QED) is 0.894. The minimum Gasteiger partial charge on any atom is -0.340 e. The van der Waals surface area contributed by atoms with Crippen LogP contribution in [0.1, 0.15) is 32.3 Å². The molecule has 1 unspecified atom stereocenters. The molecule has 1 aliphatic heterocycles. The highest BCUT2D eigenvalue weighted by Crippen LogP contribution is 2.14. The van der Waals surface area contributed by atoms with Crippen molar-refractivity contribution in [3.63, 3.8) is 0 Å². The summed E-state index contributed by atoms with van der Waals surface area (Å²) in [6, 6.07) is 10.9. The zero-order chi connectivity index (χ0) is 14.4. The van der Waals surface area contributed by atoms with Crippen molar-refractivity contribution < 1.29 is 4.79 Å². The molecule has 1 aromatic rings. The molecule has 3 nitrogen and oxygen atoms in total. The summed E-state index contributed by atoms with van der Waals surface area (Å²) in [5.41, 5.74) is 1.36. The van der Waals surface area contributed by atoms with E-state index in [1.807, 2.05) is 11.0 Å². The molecule has 1 fully saturated rings. The van der Waals surface area contributed by atoms with Crippen LogP contribution < -0.4 is 5.32 Å². The fourth-order valence-electron chi connectivity index (χ4n) is 2.82. The third-order valence-corrected chi connectivity index (χ3v) is 4.05. The van der Waals surface area contributed by atoms with Crippen molar-refractivity contribution in [3.8, 4) is 0 Å². The predicted molar refractivity (Wildman–Crippen MR) is 82.6 cm³/mol. The van der Waals surface area contributed by atoms with E-state index in [4.69, 9.17) is 0 Å². The van der Waals surface area contributed by atoms with E-state index in [9.17, 15) is 4.79 Å². The molecule has 1 saturated heterocycles. The zero-order valence-electron chi connectivity index (χ0n) is 12.6. The lowest BCUT2D eigenvalue weighted by Crippen LogP contribution is -2.52. The van der Waals surface area contributed by atoms with Crippen molar-refractivity contribution in [3.05, 3.63) is 35.9 Å². The first-order chi connectivity index (χ1) is 9.66. The van der Waals surface area contributed by atoms with Gasteiger partial charge in [0.2, 0.25) is 5.91 Å². The molecule has 2 rings (SSSR count). The second kappa shape index (κ2) is 7.44. The van der Waals surface area contributed by atoms with Crippen LogP contribution in [0.15, 0.2) is 30.3 Å². The van der Waals surface area contributed by atoms with Gasteiger partial charge in [-0.25, -0.2) is 0 Å². The van der Waals surface area contributed by atoms with Crippen LogP contribution in [0.2, 0.25) is 0 Å². The van der Waals surface area contributed by atoms with Crippen LogP contribution in [0.5, 0.6) is 0 Å². The van der Waals surface area contributed by atoms with E-state index in [0.29, 0.717) is 11.9 Å². The van der Waals surface area contributed by atoms with Gasteiger partial charge in [0, 0.05) is 31.6 Å². The smallest absolute Gasteiger partial charge is 0.225 e. The topological polar surface area (TPSA) is 32.3 Å². The van der Waals surface area contributed by atoms with Gasteiger partial charge in [0.15, 0.2) is 0 Å². The summed E-state index contributed by atoms with van der Waals surface area (Å²) in [5.74, 6) is 0.468. The van der Waals surface area contributed by atoms with Crippen molar-refractivity contribution in [2.24, 2.45) is 5.92 Å². The molecule has 0 spiro atoms. The minimum absolute atomic E-state index is 0.143. The number of nitrogens with one attached hydrogen (secondary N) is 1. The predicted octanol–water partition coefficient (Wildman–Crippen LogP) is 2.47. The van der Waals surface area contributed by atoms with Crippen molar-refractivity contribution in [1.29, 1.82) is 0 Å². The number of hydrogen-bond acceptors (Lipinski definition) is 2. The first-order valence-corrected chi connectivity index (χ1v) is 7.73. The van der Waals surface area contributed by atoms with Gasteiger partial charge in [-0.2, -0.15) is 0 Å². The first kappa shape index (κ1) is 15.0. The SMILES string of the molecule is CC(CCCc1ccccc1)C(=O)N1CCN[C@H](C)C1. The van der Waals surface area contributed by atoms with Gasteiger partial charge >= 0.3 is 0 Å². The number of aryl methyl sites for hydroxylation is 1. The maximum absolute atomic E-state index is 12.4. The van der Waals surface area contributed by atoms with E-state index in [1.165, 1.54) is 5.56 Å². The van der Waals surface area contributed by atoms with Gasteiger partial charge in [-0.3, -0.25) is 4.79 Å². The molecular formula is C17H26N2O. The highest BCUT2D eigenvalue weighted by atomic mass is 16.2. The van der Waals surface area contributed by atoms with Gasteiger partial charge in [-0.05, 0) is 31.7 Å². The van der Waals surface area contributed by atoms with Gasteiger partial charge in [0.05, 0.1) is 0 Å². The Morgan fingerprint density at radius 2 is 2.15 bits per heavy atom. The third-order valence-electron chi connectivity index (χ3n) is 4.05. The van der Waals surface area contributed by atoms with Crippen molar-refractivity contribution >= 4 is 5.91 Å². The molecule has 1 N–H and O–H groups in total. The van der Waals surface area contributed by atoms with Gasteiger partial charge in [-0.1, -0.05) is 37.3 Å². The average Bonchev–Trinajstić information content (AvgIpc) is 2.47. The van der Waals surface area contributed by atoms with E-state index in [-0.39, 0.29) is 5.92 Å². The highest BCUT2D eigenvalue weighted by molar-refractivity contribution is 5.78. The Kier molecular flexibility index (Phi) is 5.60. The van der Waals surface area contributed by atoms with E-state index in [2.05, 4.69) is 43.4 Å². The Morgan fingerprint density at radius 3 is 2.85 bits per heavy atom. The van der Waals surface area contributed by atoms with E-state index < -0.39 is 0 Å². The van der Waals surface area contributed by atoms with Gasteiger partial charge < -0.3 is 10.2 Å². The Hall–Kier alpha value is -1.35. The second-order valence-electron chi connectivity index (χ2n) is 5.92. The number of carbonyl (C=O) groups excluding carboxylic acids is 1. The molecule has 1 aromatic carbocycles.